The topological polar surface area (TPSA) is 113 Å². The minimum absolute atomic E-state index is 0.118. The number of carbonyl (C=O) groups is 1. The summed E-state index contributed by atoms with van der Waals surface area (Å²) in [5.74, 6) is -0.920. The Labute approximate surface area is 144 Å². The zero-order valence-electron chi connectivity index (χ0n) is 13.4. The van der Waals surface area contributed by atoms with E-state index < -0.39 is 22.1 Å². The summed E-state index contributed by atoms with van der Waals surface area (Å²) in [6, 6.07) is 8.73. The van der Waals surface area contributed by atoms with Gasteiger partial charge < -0.3 is 14.9 Å². The van der Waals surface area contributed by atoms with Crippen LogP contribution in [0, 0.1) is 6.92 Å². The van der Waals surface area contributed by atoms with Crippen LogP contribution in [0.3, 0.4) is 0 Å². The molecule has 25 heavy (non-hydrogen) atoms. The summed E-state index contributed by atoms with van der Waals surface area (Å²) in [4.78, 5) is 11.0. The third kappa shape index (κ3) is 3.31. The van der Waals surface area contributed by atoms with Crippen LogP contribution < -0.4 is 9.46 Å². The Morgan fingerprint density at radius 2 is 2.04 bits per heavy atom. The summed E-state index contributed by atoms with van der Waals surface area (Å²) in [5, 5.41) is 19.1. The molecule has 1 aliphatic rings. The molecule has 0 aliphatic carbocycles. The fourth-order valence-corrected chi connectivity index (χ4v) is 4.04. The van der Waals surface area contributed by atoms with E-state index in [9.17, 15) is 18.3 Å². The van der Waals surface area contributed by atoms with E-state index in [1.54, 1.807) is 19.1 Å². The van der Waals surface area contributed by atoms with Crippen molar-refractivity contribution in [3.05, 3.63) is 53.1 Å². The first-order valence-electron chi connectivity index (χ1n) is 7.60. The largest absolute Gasteiger partial charge is 0.491 e. The molecule has 132 valence electrons. The van der Waals surface area contributed by atoms with Crippen LogP contribution in [-0.2, 0) is 10.0 Å². The Morgan fingerprint density at radius 3 is 2.76 bits per heavy atom. The van der Waals surface area contributed by atoms with Crippen molar-refractivity contribution in [2.75, 3.05) is 11.3 Å². The molecular weight excluding hydrogens is 346 g/mol. The molecule has 1 atom stereocenters. The van der Waals surface area contributed by atoms with Gasteiger partial charge in [0.1, 0.15) is 5.75 Å². The number of sulfonamides is 1. The van der Waals surface area contributed by atoms with Crippen molar-refractivity contribution in [3.63, 3.8) is 0 Å². The first-order chi connectivity index (χ1) is 11.8. The first kappa shape index (κ1) is 17.2. The van der Waals surface area contributed by atoms with Crippen molar-refractivity contribution in [3.8, 4) is 5.75 Å². The maximum atomic E-state index is 12.7. The second kappa shape index (κ2) is 6.38. The lowest BCUT2D eigenvalue weighted by Gasteiger charge is -2.24. The number of benzene rings is 2. The minimum Gasteiger partial charge on any atom is -0.491 e. The predicted octanol–water partition coefficient (Wildman–Crippen LogP) is 2.31. The summed E-state index contributed by atoms with van der Waals surface area (Å²) >= 11 is 0. The third-order valence-corrected chi connectivity index (χ3v) is 5.52. The number of fused-ring (bicyclic) bond motifs is 1. The number of aliphatic hydroxyl groups excluding tert-OH is 1. The van der Waals surface area contributed by atoms with Gasteiger partial charge in [0.25, 0.3) is 10.0 Å². The van der Waals surface area contributed by atoms with Crippen LogP contribution in [0.25, 0.3) is 0 Å². The lowest BCUT2D eigenvalue weighted by molar-refractivity contribution is 0.0696. The van der Waals surface area contributed by atoms with Gasteiger partial charge in [-0.05, 0) is 30.7 Å². The Morgan fingerprint density at radius 1 is 1.28 bits per heavy atom. The number of anilines is 1. The van der Waals surface area contributed by atoms with E-state index in [4.69, 9.17) is 9.84 Å². The molecule has 1 aliphatic heterocycles. The maximum absolute atomic E-state index is 12.7. The van der Waals surface area contributed by atoms with Gasteiger partial charge in [-0.15, -0.1) is 0 Å². The Bertz CT molecular complexity index is 938. The molecule has 2 aromatic rings. The smallest absolute Gasteiger partial charge is 0.335 e. The molecule has 0 fully saturated rings. The highest BCUT2D eigenvalue weighted by Crippen LogP contribution is 2.38. The van der Waals surface area contributed by atoms with Crippen molar-refractivity contribution in [1.29, 1.82) is 0 Å². The molecule has 0 saturated carbocycles. The molecule has 2 aromatic carbocycles. The van der Waals surface area contributed by atoms with Gasteiger partial charge in [-0.1, -0.05) is 18.2 Å². The molecule has 1 heterocycles. The van der Waals surface area contributed by atoms with Crippen LogP contribution in [0.2, 0.25) is 0 Å². The van der Waals surface area contributed by atoms with Crippen molar-refractivity contribution in [1.82, 2.24) is 0 Å². The van der Waals surface area contributed by atoms with Crippen molar-refractivity contribution >= 4 is 21.7 Å². The highest BCUT2D eigenvalue weighted by molar-refractivity contribution is 7.92. The normalized spacial score (nSPS) is 16.6. The van der Waals surface area contributed by atoms with E-state index in [-0.39, 0.29) is 28.5 Å². The summed E-state index contributed by atoms with van der Waals surface area (Å²) in [6.07, 6.45) is -0.284. The molecule has 0 spiro atoms. The summed E-state index contributed by atoms with van der Waals surface area (Å²) < 4.78 is 33.4. The number of carboxylic acids is 1. The molecule has 0 radical (unpaired) electrons. The van der Waals surface area contributed by atoms with Crippen LogP contribution in [-0.4, -0.2) is 31.2 Å². The van der Waals surface area contributed by atoms with E-state index in [1.165, 1.54) is 18.2 Å². The van der Waals surface area contributed by atoms with E-state index >= 15 is 0 Å². The molecule has 7 nitrogen and oxygen atoms in total. The number of rotatable bonds is 4. The van der Waals surface area contributed by atoms with Crippen molar-refractivity contribution in [2.45, 2.75) is 24.3 Å². The van der Waals surface area contributed by atoms with Crippen LogP contribution in [0.5, 0.6) is 5.75 Å². The van der Waals surface area contributed by atoms with Gasteiger partial charge in [0.05, 0.1) is 28.9 Å². The maximum Gasteiger partial charge on any atom is 0.335 e. The number of hydrogen-bond donors (Lipinski definition) is 3. The molecule has 3 rings (SSSR count). The fourth-order valence-electron chi connectivity index (χ4n) is 2.71. The second-order valence-corrected chi connectivity index (χ2v) is 7.42. The SMILES string of the molecule is Cc1ccc(C(=O)O)cc1S(=O)(=O)Nc1cccc2c1OCCC2O. The monoisotopic (exact) mass is 363 g/mol. The van der Waals surface area contributed by atoms with Gasteiger partial charge in [0.15, 0.2) is 0 Å². The third-order valence-electron chi connectivity index (χ3n) is 4.01. The van der Waals surface area contributed by atoms with Gasteiger partial charge in [0, 0.05) is 12.0 Å². The van der Waals surface area contributed by atoms with Gasteiger partial charge in [-0.3, -0.25) is 4.72 Å². The molecule has 0 saturated heterocycles. The zero-order chi connectivity index (χ0) is 18.2. The fraction of sp³-hybridized carbons (Fsp3) is 0.235. The lowest BCUT2D eigenvalue weighted by atomic mass is 10.0. The summed E-state index contributed by atoms with van der Waals surface area (Å²) in [5.41, 5.74) is 1.02. The summed E-state index contributed by atoms with van der Waals surface area (Å²) in [6.45, 7) is 1.86. The number of aliphatic hydroxyl groups is 1. The Kier molecular flexibility index (Phi) is 4.40. The van der Waals surface area contributed by atoms with E-state index in [0.29, 0.717) is 17.5 Å². The average molecular weight is 363 g/mol. The number of carboxylic acid groups (broad SMARTS) is 1. The second-order valence-electron chi connectivity index (χ2n) is 5.77. The molecule has 1 unspecified atom stereocenters. The van der Waals surface area contributed by atoms with Crippen molar-refractivity contribution in [2.24, 2.45) is 0 Å². The molecule has 8 heteroatoms. The average Bonchev–Trinajstić information content (AvgIpc) is 2.55. The van der Waals surface area contributed by atoms with Gasteiger partial charge in [-0.25, -0.2) is 13.2 Å². The molecule has 0 bridgehead atoms. The number of aromatic carboxylic acids is 1. The van der Waals surface area contributed by atoms with Crippen LogP contribution in [0.4, 0.5) is 5.69 Å². The number of ether oxygens (including phenoxy) is 1. The van der Waals surface area contributed by atoms with Gasteiger partial charge in [0.2, 0.25) is 0 Å². The highest BCUT2D eigenvalue weighted by atomic mass is 32.2. The van der Waals surface area contributed by atoms with E-state index in [0.717, 1.165) is 6.07 Å². The standard InChI is InChI=1S/C17H17NO6S/c1-10-5-6-11(17(20)21)9-15(10)25(22,23)18-13-4-2-3-12-14(19)7-8-24-16(12)13/h2-6,9,14,18-19H,7-8H2,1H3,(H,20,21). The molecule has 3 N–H and O–H groups in total. The number of hydrogen-bond acceptors (Lipinski definition) is 5. The molecular formula is C17H17NO6S. The Hall–Kier alpha value is -2.58. The molecule has 0 aromatic heterocycles. The lowest BCUT2D eigenvalue weighted by Crippen LogP contribution is -2.19. The van der Waals surface area contributed by atoms with Gasteiger partial charge >= 0.3 is 5.97 Å². The first-order valence-corrected chi connectivity index (χ1v) is 9.08. The van der Waals surface area contributed by atoms with E-state index in [2.05, 4.69) is 4.72 Å². The predicted molar refractivity (Wildman–Crippen MR) is 90.5 cm³/mol. The highest BCUT2D eigenvalue weighted by Gasteiger charge is 2.25. The Balaban J connectivity index is 2.02. The van der Waals surface area contributed by atoms with Crippen LogP contribution in [0.1, 0.15) is 34.0 Å². The number of aryl methyl sites for hydroxylation is 1. The summed E-state index contributed by atoms with van der Waals surface area (Å²) in [7, 11) is -4.03. The molecule has 0 amide bonds. The zero-order valence-corrected chi connectivity index (χ0v) is 14.2. The van der Waals surface area contributed by atoms with E-state index in [1.807, 2.05) is 0 Å². The number of para-hydroxylation sites is 1. The minimum atomic E-state index is -4.03. The van der Waals surface area contributed by atoms with Gasteiger partial charge in [-0.2, -0.15) is 0 Å². The van der Waals surface area contributed by atoms with Crippen molar-refractivity contribution < 1.29 is 28.2 Å². The van der Waals surface area contributed by atoms with Crippen LogP contribution >= 0.6 is 0 Å². The van der Waals surface area contributed by atoms with Crippen LogP contribution in [0.15, 0.2) is 41.3 Å². The number of nitrogens with one attached hydrogen (secondary N) is 1. The quantitative estimate of drug-likeness (QED) is 0.768.